The largest absolute Gasteiger partial charge is 0.322 e. The van der Waals surface area contributed by atoms with Crippen LogP contribution in [0.4, 0.5) is 5.69 Å². The molecule has 1 amide bonds. The summed E-state index contributed by atoms with van der Waals surface area (Å²) in [6.07, 6.45) is 3.06. The smallest absolute Gasteiger partial charge is 0.255 e. The zero-order chi connectivity index (χ0) is 20.7. The molecule has 1 N–H and O–H groups in total. The third-order valence-electron chi connectivity index (χ3n) is 4.25. The van der Waals surface area contributed by atoms with Crippen LogP contribution in [0.5, 0.6) is 0 Å². The molecule has 0 aliphatic rings. The van der Waals surface area contributed by atoms with E-state index in [1.165, 1.54) is 28.6 Å². The zero-order valence-electron chi connectivity index (χ0n) is 16.3. The van der Waals surface area contributed by atoms with Crippen LogP contribution in [0.1, 0.15) is 35.7 Å². The van der Waals surface area contributed by atoms with Crippen LogP contribution in [-0.2, 0) is 10.0 Å². The van der Waals surface area contributed by atoms with Crippen molar-refractivity contribution in [1.29, 1.82) is 0 Å². The summed E-state index contributed by atoms with van der Waals surface area (Å²) < 4.78 is 26.7. The molecule has 2 rings (SSSR count). The van der Waals surface area contributed by atoms with Gasteiger partial charge in [-0.15, -0.1) is 13.2 Å². The van der Waals surface area contributed by atoms with E-state index in [4.69, 9.17) is 0 Å². The van der Waals surface area contributed by atoms with Gasteiger partial charge in [-0.25, -0.2) is 8.42 Å². The maximum absolute atomic E-state index is 12.7. The lowest BCUT2D eigenvalue weighted by Gasteiger charge is -2.19. The molecule has 0 unspecified atom stereocenters. The molecular weight excluding hydrogens is 372 g/mol. The van der Waals surface area contributed by atoms with Crippen molar-refractivity contribution in [3.05, 3.63) is 85.0 Å². The normalized spacial score (nSPS) is 11.4. The lowest BCUT2D eigenvalue weighted by Crippen LogP contribution is -2.31. The Morgan fingerprint density at radius 2 is 1.54 bits per heavy atom. The molecule has 0 fully saturated rings. The van der Waals surface area contributed by atoms with Gasteiger partial charge in [-0.05, 0) is 47.9 Å². The van der Waals surface area contributed by atoms with Crippen molar-refractivity contribution in [2.24, 2.45) is 0 Å². The van der Waals surface area contributed by atoms with E-state index in [2.05, 4.69) is 32.3 Å². The number of anilines is 1. The van der Waals surface area contributed by atoms with E-state index < -0.39 is 10.0 Å². The van der Waals surface area contributed by atoms with Crippen LogP contribution in [0.2, 0.25) is 0 Å². The van der Waals surface area contributed by atoms with Crippen LogP contribution in [0.3, 0.4) is 0 Å². The van der Waals surface area contributed by atoms with E-state index in [0.29, 0.717) is 17.2 Å². The van der Waals surface area contributed by atoms with Crippen molar-refractivity contribution in [3.63, 3.8) is 0 Å². The third-order valence-corrected chi connectivity index (χ3v) is 6.10. The van der Waals surface area contributed by atoms with Gasteiger partial charge in [0.1, 0.15) is 0 Å². The molecule has 0 radical (unpaired) electrons. The first-order valence-corrected chi connectivity index (χ1v) is 10.5. The number of amides is 1. The van der Waals surface area contributed by atoms with Gasteiger partial charge in [0.25, 0.3) is 5.91 Å². The standard InChI is InChI=1S/C22H26N2O3S/c1-5-15-24(16-6-2)28(26,27)21-13-11-20(12-14-21)23-22(25)19-9-7-18(8-10-19)17(3)4/h5-14,17H,1-2,15-16H2,3-4H3,(H,23,25). The van der Waals surface area contributed by atoms with Crippen molar-refractivity contribution < 1.29 is 13.2 Å². The molecule has 2 aromatic carbocycles. The number of nitrogens with zero attached hydrogens (tertiary/aromatic N) is 1. The molecule has 0 atom stereocenters. The first kappa shape index (κ1) is 21.6. The molecule has 0 bridgehead atoms. The molecule has 2 aromatic rings. The highest BCUT2D eigenvalue weighted by molar-refractivity contribution is 7.89. The number of sulfonamides is 1. The molecule has 0 aromatic heterocycles. The minimum Gasteiger partial charge on any atom is -0.322 e. The van der Waals surface area contributed by atoms with Gasteiger partial charge in [0.15, 0.2) is 0 Å². The molecule has 148 valence electrons. The monoisotopic (exact) mass is 398 g/mol. The number of carbonyl (C=O) groups excluding carboxylic acids is 1. The molecule has 0 saturated carbocycles. The molecule has 0 aliphatic carbocycles. The Balaban J connectivity index is 2.14. The summed E-state index contributed by atoms with van der Waals surface area (Å²) in [6.45, 7) is 11.8. The van der Waals surface area contributed by atoms with E-state index in [0.717, 1.165) is 5.56 Å². The lowest BCUT2D eigenvalue weighted by molar-refractivity contribution is 0.102. The summed E-state index contributed by atoms with van der Waals surface area (Å²) in [5.41, 5.74) is 2.23. The molecule has 5 nitrogen and oxygen atoms in total. The fourth-order valence-electron chi connectivity index (χ4n) is 2.64. The van der Waals surface area contributed by atoms with E-state index in [9.17, 15) is 13.2 Å². The number of carbonyl (C=O) groups is 1. The SMILES string of the molecule is C=CCN(CC=C)S(=O)(=O)c1ccc(NC(=O)c2ccc(C(C)C)cc2)cc1. The highest BCUT2D eigenvalue weighted by Gasteiger charge is 2.22. The summed E-state index contributed by atoms with van der Waals surface area (Å²) in [7, 11) is -3.66. The van der Waals surface area contributed by atoms with E-state index in [1.54, 1.807) is 24.3 Å². The van der Waals surface area contributed by atoms with Crippen LogP contribution in [0, 0.1) is 0 Å². The maximum Gasteiger partial charge on any atom is 0.255 e. The molecule has 0 spiro atoms. The van der Waals surface area contributed by atoms with Crippen LogP contribution in [-0.4, -0.2) is 31.7 Å². The summed E-state index contributed by atoms with van der Waals surface area (Å²) in [5, 5.41) is 2.79. The van der Waals surface area contributed by atoms with Gasteiger partial charge < -0.3 is 5.32 Å². The zero-order valence-corrected chi connectivity index (χ0v) is 17.1. The van der Waals surface area contributed by atoms with Gasteiger partial charge in [-0.1, -0.05) is 38.1 Å². The number of nitrogens with one attached hydrogen (secondary N) is 1. The second-order valence-corrected chi connectivity index (χ2v) is 8.59. The van der Waals surface area contributed by atoms with E-state index in [1.807, 2.05) is 12.1 Å². The summed E-state index contributed by atoms with van der Waals surface area (Å²) >= 11 is 0. The number of benzene rings is 2. The molecule has 6 heteroatoms. The van der Waals surface area contributed by atoms with Crippen LogP contribution in [0.25, 0.3) is 0 Å². The third kappa shape index (κ3) is 5.18. The predicted octanol–water partition coefficient (Wildman–Crippen LogP) is 4.43. The minimum absolute atomic E-state index is 0.149. The highest BCUT2D eigenvalue weighted by atomic mass is 32.2. The van der Waals surface area contributed by atoms with Gasteiger partial charge in [0, 0.05) is 24.3 Å². The molecule has 0 saturated heterocycles. The first-order valence-electron chi connectivity index (χ1n) is 9.03. The van der Waals surface area contributed by atoms with Gasteiger partial charge >= 0.3 is 0 Å². The van der Waals surface area contributed by atoms with Crippen molar-refractivity contribution >= 4 is 21.6 Å². The Morgan fingerprint density at radius 1 is 1.00 bits per heavy atom. The average molecular weight is 399 g/mol. The Labute approximate surface area is 167 Å². The van der Waals surface area contributed by atoms with Crippen molar-refractivity contribution in [2.75, 3.05) is 18.4 Å². The van der Waals surface area contributed by atoms with E-state index in [-0.39, 0.29) is 23.9 Å². The predicted molar refractivity (Wildman–Crippen MR) is 114 cm³/mol. The van der Waals surface area contributed by atoms with Gasteiger partial charge in [0.2, 0.25) is 10.0 Å². The van der Waals surface area contributed by atoms with Crippen molar-refractivity contribution in [2.45, 2.75) is 24.7 Å². The Hall–Kier alpha value is -2.70. The molecule has 0 heterocycles. The highest BCUT2D eigenvalue weighted by Crippen LogP contribution is 2.20. The lowest BCUT2D eigenvalue weighted by atomic mass is 10.0. The van der Waals surface area contributed by atoms with Crippen LogP contribution in [0.15, 0.2) is 78.7 Å². The Morgan fingerprint density at radius 3 is 2.00 bits per heavy atom. The molecular formula is C22H26N2O3S. The topological polar surface area (TPSA) is 66.5 Å². The van der Waals surface area contributed by atoms with Gasteiger partial charge in [0.05, 0.1) is 4.90 Å². The molecule has 28 heavy (non-hydrogen) atoms. The number of hydrogen-bond donors (Lipinski definition) is 1. The average Bonchev–Trinajstić information content (AvgIpc) is 2.68. The summed E-state index contributed by atoms with van der Waals surface area (Å²) in [4.78, 5) is 12.5. The van der Waals surface area contributed by atoms with Crippen LogP contribution >= 0.6 is 0 Å². The van der Waals surface area contributed by atoms with Gasteiger partial charge in [-0.2, -0.15) is 4.31 Å². The van der Waals surface area contributed by atoms with Crippen molar-refractivity contribution in [1.82, 2.24) is 4.31 Å². The number of rotatable bonds is 9. The summed E-state index contributed by atoms with van der Waals surface area (Å²) in [6, 6.07) is 13.5. The second-order valence-electron chi connectivity index (χ2n) is 6.65. The quantitative estimate of drug-likeness (QED) is 0.636. The van der Waals surface area contributed by atoms with Gasteiger partial charge in [-0.3, -0.25) is 4.79 Å². The van der Waals surface area contributed by atoms with Crippen LogP contribution < -0.4 is 5.32 Å². The fraction of sp³-hybridized carbons (Fsp3) is 0.227. The number of hydrogen-bond acceptors (Lipinski definition) is 3. The minimum atomic E-state index is -3.66. The van der Waals surface area contributed by atoms with E-state index >= 15 is 0 Å². The fourth-order valence-corrected chi connectivity index (χ4v) is 4.02. The second kappa shape index (κ2) is 9.48. The Kier molecular flexibility index (Phi) is 7.31. The summed E-state index contributed by atoms with van der Waals surface area (Å²) in [5.74, 6) is 0.152. The maximum atomic E-state index is 12.7. The van der Waals surface area contributed by atoms with Crippen molar-refractivity contribution in [3.8, 4) is 0 Å². The Bertz CT molecular complexity index is 921. The first-order chi connectivity index (χ1) is 13.3. The molecule has 0 aliphatic heterocycles.